The minimum atomic E-state index is -0.379. The Labute approximate surface area is 174 Å². The second kappa shape index (κ2) is 8.77. The van der Waals surface area contributed by atoms with Gasteiger partial charge in [-0.25, -0.2) is 4.39 Å². The van der Waals surface area contributed by atoms with Gasteiger partial charge >= 0.3 is 0 Å². The van der Waals surface area contributed by atoms with Crippen LogP contribution in [0.3, 0.4) is 0 Å². The van der Waals surface area contributed by atoms with Gasteiger partial charge in [-0.15, -0.1) is 0 Å². The first-order valence-corrected chi connectivity index (χ1v) is 10.1. The van der Waals surface area contributed by atoms with E-state index >= 15 is 0 Å². The molecule has 3 aromatic rings. The van der Waals surface area contributed by atoms with E-state index in [9.17, 15) is 14.0 Å². The third-order valence-corrected chi connectivity index (χ3v) is 5.66. The van der Waals surface area contributed by atoms with Crippen molar-refractivity contribution in [1.29, 1.82) is 0 Å². The predicted octanol–water partition coefficient (Wildman–Crippen LogP) is 3.13. The van der Waals surface area contributed by atoms with E-state index in [1.54, 1.807) is 18.3 Å². The van der Waals surface area contributed by atoms with Crippen molar-refractivity contribution in [2.75, 3.05) is 38.0 Å². The zero-order chi connectivity index (χ0) is 21.1. The van der Waals surface area contributed by atoms with Crippen LogP contribution in [0.25, 0.3) is 10.9 Å². The average Bonchev–Trinajstić information content (AvgIpc) is 3.17. The first kappa shape index (κ1) is 20.3. The van der Waals surface area contributed by atoms with Crippen molar-refractivity contribution in [2.24, 2.45) is 0 Å². The number of amides is 1. The number of para-hydroxylation sites is 1. The fourth-order valence-electron chi connectivity index (χ4n) is 3.94. The lowest BCUT2D eigenvalue weighted by Crippen LogP contribution is -2.52. The summed E-state index contributed by atoms with van der Waals surface area (Å²) >= 11 is 0. The van der Waals surface area contributed by atoms with Crippen LogP contribution in [0.4, 0.5) is 10.1 Å². The highest BCUT2D eigenvalue weighted by Crippen LogP contribution is 2.21. The number of carbonyl (C=O) groups excluding carboxylic acids is 2. The molecule has 0 radical (unpaired) electrons. The van der Waals surface area contributed by atoms with E-state index in [4.69, 9.17) is 0 Å². The number of aromatic amines is 1. The largest absolute Gasteiger partial charge is 0.360 e. The van der Waals surface area contributed by atoms with Gasteiger partial charge in [-0.05, 0) is 31.2 Å². The molecule has 1 fully saturated rings. The lowest BCUT2D eigenvalue weighted by atomic mass is 10.0. The molecule has 0 bridgehead atoms. The van der Waals surface area contributed by atoms with Gasteiger partial charge in [0.15, 0.2) is 5.78 Å². The molecule has 30 heavy (non-hydrogen) atoms. The monoisotopic (exact) mass is 408 g/mol. The van der Waals surface area contributed by atoms with Crippen LogP contribution in [0.5, 0.6) is 0 Å². The summed E-state index contributed by atoms with van der Waals surface area (Å²) in [5.74, 6) is -0.447. The van der Waals surface area contributed by atoms with Crippen LogP contribution in [0, 0.1) is 5.82 Å². The minimum absolute atomic E-state index is 0.102. The van der Waals surface area contributed by atoms with E-state index in [1.165, 1.54) is 12.1 Å². The maximum Gasteiger partial charge on any atom is 0.238 e. The molecule has 7 heteroatoms. The van der Waals surface area contributed by atoms with Gasteiger partial charge in [0.2, 0.25) is 5.91 Å². The fourth-order valence-corrected chi connectivity index (χ4v) is 3.94. The van der Waals surface area contributed by atoms with Crippen molar-refractivity contribution in [3.63, 3.8) is 0 Å². The molecule has 1 aliphatic rings. The Hall–Kier alpha value is -3.03. The second-order valence-corrected chi connectivity index (χ2v) is 7.66. The lowest BCUT2D eigenvalue weighted by molar-refractivity contribution is -0.117. The Kier molecular flexibility index (Phi) is 5.92. The van der Waals surface area contributed by atoms with Crippen molar-refractivity contribution in [3.05, 3.63) is 66.1 Å². The Morgan fingerprint density at radius 2 is 1.87 bits per heavy atom. The number of hydrogen-bond donors (Lipinski definition) is 2. The molecule has 1 saturated heterocycles. The maximum atomic E-state index is 13.3. The predicted molar refractivity (Wildman–Crippen MR) is 115 cm³/mol. The van der Waals surface area contributed by atoms with Gasteiger partial charge < -0.3 is 10.3 Å². The van der Waals surface area contributed by atoms with Crippen LogP contribution in [0.1, 0.15) is 17.3 Å². The molecular formula is C23H25FN4O2. The number of ketones is 1. The van der Waals surface area contributed by atoms with Gasteiger partial charge in [0.1, 0.15) is 5.82 Å². The third-order valence-electron chi connectivity index (χ3n) is 5.66. The molecule has 156 valence electrons. The van der Waals surface area contributed by atoms with Gasteiger partial charge in [0.25, 0.3) is 0 Å². The smallest absolute Gasteiger partial charge is 0.238 e. The summed E-state index contributed by atoms with van der Waals surface area (Å²) in [4.78, 5) is 32.7. The molecule has 0 saturated carbocycles. The number of nitrogens with zero attached hydrogens (tertiary/aromatic N) is 2. The van der Waals surface area contributed by atoms with Crippen LogP contribution in [0.15, 0.2) is 54.7 Å². The standard InChI is InChI=1S/C23H25FN4O2/c1-16(23(30)20-14-25-21-8-3-2-7-19(20)21)28-11-9-27(10-12-28)15-22(29)26-18-6-4-5-17(24)13-18/h2-8,13-14,16,25H,9-12,15H2,1H3,(H,26,29)/t16-/m0/s1. The molecule has 6 nitrogen and oxygen atoms in total. The number of H-pyrrole nitrogens is 1. The van der Waals surface area contributed by atoms with Crippen molar-refractivity contribution >= 4 is 28.3 Å². The van der Waals surface area contributed by atoms with E-state index in [2.05, 4.69) is 15.2 Å². The molecule has 1 aromatic heterocycles. The first-order chi connectivity index (χ1) is 14.5. The summed E-state index contributed by atoms with van der Waals surface area (Å²) in [7, 11) is 0. The van der Waals surface area contributed by atoms with Crippen LogP contribution in [-0.4, -0.2) is 65.2 Å². The number of anilines is 1. The Morgan fingerprint density at radius 1 is 1.10 bits per heavy atom. The quantitative estimate of drug-likeness (QED) is 0.615. The molecule has 1 aliphatic heterocycles. The number of benzene rings is 2. The molecule has 2 heterocycles. The molecule has 1 amide bonds. The van der Waals surface area contributed by atoms with Gasteiger partial charge in [-0.3, -0.25) is 19.4 Å². The molecule has 0 aliphatic carbocycles. The van der Waals surface area contributed by atoms with Crippen LogP contribution in [-0.2, 0) is 4.79 Å². The van der Waals surface area contributed by atoms with Crippen molar-refractivity contribution in [3.8, 4) is 0 Å². The highest BCUT2D eigenvalue weighted by Gasteiger charge is 2.28. The first-order valence-electron chi connectivity index (χ1n) is 10.1. The normalized spacial score (nSPS) is 16.5. The number of rotatable bonds is 6. The number of carbonyl (C=O) groups is 2. The Balaban J connectivity index is 1.30. The highest BCUT2D eigenvalue weighted by atomic mass is 19.1. The number of fused-ring (bicyclic) bond motifs is 1. The second-order valence-electron chi connectivity index (χ2n) is 7.66. The molecule has 4 rings (SSSR count). The number of aromatic nitrogens is 1. The molecular weight excluding hydrogens is 383 g/mol. The molecule has 1 atom stereocenters. The van der Waals surface area contributed by atoms with E-state index in [0.29, 0.717) is 31.9 Å². The third kappa shape index (κ3) is 4.42. The van der Waals surface area contributed by atoms with Gasteiger partial charge in [-0.1, -0.05) is 24.3 Å². The summed E-state index contributed by atoms with van der Waals surface area (Å²) in [6, 6.07) is 13.4. The van der Waals surface area contributed by atoms with Gasteiger partial charge in [-0.2, -0.15) is 0 Å². The van der Waals surface area contributed by atoms with Crippen molar-refractivity contribution in [2.45, 2.75) is 13.0 Å². The minimum Gasteiger partial charge on any atom is -0.360 e. The van der Waals surface area contributed by atoms with Gasteiger partial charge in [0.05, 0.1) is 12.6 Å². The van der Waals surface area contributed by atoms with Crippen molar-refractivity contribution < 1.29 is 14.0 Å². The number of Topliss-reactive ketones (excluding diaryl/α,β-unsaturated/α-hetero) is 1. The zero-order valence-electron chi connectivity index (χ0n) is 16.9. The van der Waals surface area contributed by atoms with Crippen LogP contribution < -0.4 is 5.32 Å². The summed E-state index contributed by atoms with van der Waals surface area (Å²) in [5, 5.41) is 3.67. The summed E-state index contributed by atoms with van der Waals surface area (Å²) in [6.07, 6.45) is 1.79. The number of hydrogen-bond acceptors (Lipinski definition) is 4. The zero-order valence-corrected chi connectivity index (χ0v) is 16.9. The SMILES string of the molecule is C[C@@H](C(=O)c1c[nH]c2ccccc12)N1CCN(CC(=O)Nc2cccc(F)c2)CC1. The number of halogens is 1. The van der Waals surface area contributed by atoms with Gasteiger partial charge in [0, 0.05) is 54.5 Å². The fraction of sp³-hybridized carbons (Fsp3) is 0.304. The highest BCUT2D eigenvalue weighted by molar-refractivity contribution is 6.10. The van der Waals surface area contributed by atoms with E-state index in [-0.39, 0.29) is 30.1 Å². The number of piperazine rings is 1. The van der Waals surface area contributed by atoms with Crippen LogP contribution >= 0.6 is 0 Å². The molecule has 2 N–H and O–H groups in total. The molecule has 0 spiro atoms. The van der Waals surface area contributed by atoms with Crippen molar-refractivity contribution in [1.82, 2.24) is 14.8 Å². The topological polar surface area (TPSA) is 68.4 Å². The Bertz CT molecular complexity index is 1060. The average molecular weight is 408 g/mol. The van der Waals surface area contributed by atoms with Crippen LogP contribution in [0.2, 0.25) is 0 Å². The Morgan fingerprint density at radius 3 is 2.63 bits per heavy atom. The lowest BCUT2D eigenvalue weighted by Gasteiger charge is -2.37. The summed E-state index contributed by atoms with van der Waals surface area (Å²) in [6.45, 7) is 5.00. The number of nitrogens with one attached hydrogen (secondary N) is 2. The molecule has 2 aromatic carbocycles. The summed E-state index contributed by atoms with van der Waals surface area (Å²) < 4.78 is 13.3. The van der Waals surface area contributed by atoms with E-state index in [0.717, 1.165) is 16.5 Å². The van der Waals surface area contributed by atoms with E-state index < -0.39 is 0 Å². The summed E-state index contributed by atoms with van der Waals surface area (Å²) in [5.41, 5.74) is 2.13. The maximum absolute atomic E-state index is 13.3. The molecule has 0 unspecified atom stereocenters. The van der Waals surface area contributed by atoms with E-state index in [1.807, 2.05) is 36.1 Å².